The minimum Gasteiger partial charge on any atom is -0.482 e. The van der Waals surface area contributed by atoms with Crippen molar-refractivity contribution in [1.82, 2.24) is 0 Å². The second kappa shape index (κ2) is 9.52. The molecule has 148 valence electrons. The van der Waals surface area contributed by atoms with E-state index in [0.717, 1.165) is 0 Å². The number of quaternary nitrogens is 1. The molecule has 0 aromatic heterocycles. The molecule has 28 heavy (non-hydrogen) atoms. The highest BCUT2D eigenvalue weighted by Crippen LogP contribution is 2.21. The number of imide groups is 1. The maximum Gasteiger partial charge on any atom is 0.532 e. The Kier molecular flexibility index (Phi) is 7.11. The largest absolute Gasteiger partial charge is 0.532 e. The third-order valence-electron chi connectivity index (χ3n) is 3.81. The molecule has 0 saturated heterocycles. The molecule has 2 aromatic rings. The lowest BCUT2D eigenvalue weighted by atomic mass is 10.2. The molecule has 8 nitrogen and oxygen atoms in total. The molecule has 0 bridgehead atoms. The molecule has 0 aliphatic rings. The number of carboxylic acid groups (broad SMARTS) is 1. The van der Waals surface area contributed by atoms with E-state index < -0.39 is 29.2 Å². The van der Waals surface area contributed by atoms with Gasteiger partial charge >= 0.3 is 18.2 Å². The van der Waals surface area contributed by atoms with Gasteiger partial charge in [-0.3, -0.25) is 0 Å². The molecule has 0 aliphatic heterocycles. The van der Waals surface area contributed by atoms with Crippen LogP contribution in [0.3, 0.4) is 0 Å². The Balaban J connectivity index is 2.19. The first-order chi connectivity index (χ1) is 13.3. The van der Waals surface area contributed by atoms with E-state index in [2.05, 4.69) is 0 Å². The van der Waals surface area contributed by atoms with Gasteiger partial charge in [-0.25, -0.2) is 4.79 Å². The number of amides is 2. The average Bonchev–Trinajstić information content (AvgIpc) is 2.68. The highest BCUT2D eigenvalue weighted by atomic mass is 16.6. The Bertz CT molecular complexity index is 820. The summed E-state index contributed by atoms with van der Waals surface area (Å²) >= 11 is 0. The van der Waals surface area contributed by atoms with Crippen LogP contribution in [-0.2, 0) is 16.1 Å². The lowest BCUT2D eigenvalue weighted by Crippen LogP contribution is -2.54. The van der Waals surface area contributed by atoms with Crippen LogP contribution in [0.2, 0.25) is 0 Å². The van der Waals surface area contributed by atoms with Gasteiger partial charge in [0.05, 0.1) is 13.7 Å². The van der Waals surface area contributed by atoms with Crippen molar-refractivity contribution in [2.75, 3.05) is 20.3 Å². The fourth-order valence-electron chi connectivity index (χ4n) is 2.36. The van der Waals surface area contributed by atoms with Gasteiger partial charge in [-0.1, -0.05) is 18.2 Å². The van der Waals surface area contributed by atoms with Crippen molar-refractivity contribution in [2.45, 2.75) is 13.5 Å². The second-order valence-electron chi connectivity index (χ2n) is 6.06. The Morgan fingerprint density at radius 3 is 2.14 bits per heavy atom. The minimum atomic E-state index is -1.08. The smallest absolute Gasteiger partial charge is 0.482 e. The van der Waals surface area contributed by atoms with Crippen LogP contribution in [0.1, 0.15) is 12.5 Å². The van der Waals surface area contributed by atoms with Gasteiger partial charge in [-0.2, -0.15) is 9.59 Å². The van der Waals surface area contributed by atoms with Gasteiger partial charge < -0.3 is 19.3 Å². The lowest BCUT2D eigenvalue weighted by Gasteiger charge is -2.26. The van der Waals surface area contributed by atoms with Gasteiger partial charge in [0, 0.05) is 5.56 Å². The number of aliphatic carboxylic acids is 1. The fraction of sp³-hybridized carbons (Fsp3) is 0.250. The molecule has 0 fully saturated rings. The standard InChI is InChI=1S/C20H21NO7/c1-3-26-19(24)21(2,20(25)28-17-7-5-4-6-8-17)13-15-9-11-16(12-10-15)27-14-18(22)23/h4-12H,3,13-14H2,1-2H3/p+1. The molecular formula is C20H22NO7+. The third kappa shape index (κ3) is 5.55. The maximum absolute atomic E-state index is 12.8. The topological polar surface area (TPSA) is 99.1 Å². The number of ether oxygens (including phenoxy) is 3. The van der Waals surface area contributed by atoms with E-state index in [0.29, 0.717) is 17.1 Å². The highest BCUT2D eigenvalue weighted by Gasteiger charge is 2.45. The number of carbonyl (C=O) groups excluding carboxylic acids is 2. The fourth-order valence-corrected chi connectivity index (χ4v) is 2.36. The zero-order valence-electron chi connectivity index (χ0n) is 15.7. The van der Waals surface area contributed by atoms with Gasteiger partial charge in [0.15, 0.2) is 6.61 Å². The molecule has 2 aromatic carbocycles. The number of nitrogens with zero attached hydrogens (tertiary/aromatic N) is 1. The van der Waals surface area contributed by atoms with Crippen LogP contribution < -0.4 is 9.47 Å². The zero-order valence-corrected chi connectivity index (χ0v) is 15.7. The number of para-hydroxylation sites is 1. The van der Waals surface area contributed by atoms with Crippen molar-refractivity contribution in [1.29, 1.82) is 0 Å². The van der Waals surface area contributed by atoms with Crippen molar-refractivity contribution < 1.29 is 38.2 Å². The van der Waals surface area contributed by atoms with Gasteiger partial charge in [0.25, 0.3) is 0 Å². The predicted molar refractivity (Wildman–Crippen MR) is 98.9 cm³/mol. The number of rotatable bonds is 7. The van der Waals surface area contributed by atoms with Crippen molar-refractivity contribution in [3.63, 3.8) is 0 Å². The summed E-state index contributed by atoms with van der Waals surface area (Å²) in [5.74, 6) is -0.402. The average molecular weight is 388 g/mol. The summed E-state index contributed by atoms with van der Waals surface area (Å²) in [6.45, 7) is 1.30. The normalized spacial score (nSPS) is 12.5. The summed E-state index contributed by atoms with van der Waals surface area (Å²) < 4.78 is 14.7. The van der Waals surface area contributed by atoms with Gasteiger partial charge in [-0.05, 0) is 43.3 Å². The molecule has 8 heteroatoms. The number of carbonyl (C=O) groups is 3. The minimum absolute atomic E-state index is 0.0102. The summed E-state index contributed by atoms with van der Waals surface area (Å²) in [4.78, 5) is 35.8. The lowest BCUT2D eigenvalue weighted by molar-refractivity contribution is -0.776. The van der Waals surface area contributed by atoms with Crippen molar-refractivity contribution >= 4 is 18.2 Å². The van der Waals surface area contributed by atoms with Crippen LogP contribution in [0.4, 0.5) is 9.59 Å². The molecule has 1 unspecified atom stereocenters. The van der Waals surface area contributed by atoms with Crippen molar-refractivity contribution in [2.24, 2.45) is 0 Å². The van der Waals surface area contributed by atoms with Gasteiger partial charge in [-0.15, -0.1) is 4.48 Å². The molecule has 1 N–H and O–H groups in total. The van der Waals surface area contributed by atoms with E-state index in [1.165, 1.54) is 7.05 Å². The van der Waals surface area contributed by atoms with E-state index >= 15 is 0 Å². The molecule has 0 heterocycles. The first-order valence-electron chi connectivity index (χ1n) is 8.59. The van der Waals surface area contributed by atoms with E-state index in [9.17, 15) is 14.4 Å². The predicted octanol–water partition coefficient (Wildman–Crippen LogP) is 3.45. The van der Waals surface area contributed by atoms with Crippen molar-refractivity contribution in [3.05, 3.63) is 60.2 Å². The molecule has 2 amide bonds. The summed E-state index contributed by atoms with van der Waals surface area (Å²) in [5, 5.41) is 8.65. The molecule has 2 rings (SSSR count). The van der Waals surface area contributed by atoms with E-state index in [-0.39, 0.29) is 13.2 Å². The van der Waals surface area contributed by atoms with Crippen LogP contribution in [0.15, 0.2) is 54.6 Å². The molecule has 0 spiro atoms. The third-order valence-corrected chi connectivity index (χ3v) is 3.81. The van der Waals surface area contributed by atoms with Gasteiger partial charge in [0.2, 0.25) is 0 Å². The molecule has 0 aliphatic carbocycles. The molecule has 1 atom stereocenters. The number of hydrogen-bond acceptors (Lipinski definition) is 6. The summed E-state index contributed by atoms with van der Waals surface area (Å²) in [7, 11) is 1.41. The van der Waals surface area contributed by atoms with Crippen LogP contribution in [0.25, 0.3) is 0 Å². The maximum atomic E-state index is 12.8. The van der Waals surface area contributed by atoms with Crippen LogP contribution in [0, 0.1) is 0 Å². The summed E-state index contributed by atoms with van der Waals surface area (Å²) in [6, 6.07) is 14.9. The van der Waals surface area contributed by atoms with Crippen molar-refractivity contribution in [3.8, 4) is 11.5 Å². The molecular weight excluding hydrogens is 366 g/mol. The SMILES string of the molecule is CCOC(=O)[N+](C)(Cc1ccc(OCC(=O)O)cc1)C(=O)Oc1ccccc1. The Morgan fingerprint density at radius 2 is 1.57 bits per heavy atom. The summed E-state index contributed by atoms with van der Waals surface area (Å²) in [6.07, 6.45) is -1.52. The second-order valence-corrected chi connectivity index (χ2v) is 6.06. The Labute approximate surface area is 162 Å². The van der Waals surface area contributed by atoms with E-state index in [1.807, 2.05) is 0 Å². The number of benzene rings is 2. The van der Waals surface area contributed by atoms with Crippen LogP contribution >= 0.6 is 0 Å². The van der Waals surface area contributed by atoms with E-state index in [1.54, 1.807) is 61.5 Å². The first-order valence-corrected chi connectivity index (χ1v) is 8.59. The van der Waals surface area contributed by atoms with Gasteiger partial charge in [0.1, 0.15) is 18.0 Å². The number of hydrogen-bond donors (Lipinski definition) is 1. The Hall–Kier alpha value is -3.39. The van der Waals surface area contributed by atoms with Crippen LogP contribution in [-0.4, -0.2) is 48.0 Å². The Morgan fingerprint density at radius 1 is 0.929 bits per heavy atom. The summed E-state index contributed by atoms with van der Waals surface area (Å²) in [5.41, 5.74) is 0.642. The van der Waals surface area contributed by atoms with Crippen LogP contribution in [0.5, 0.6) is 11.5 Å². The zero-order chi connectivity index (χ0) is 20.6. The monoisotopic (exact) mass is 388 g/mol. The first kappa shape index (κ1) is 20.9. The number of carboxylic acids is 1. The molecule has 0 radical (unpaired) electrons. The van der Waals surface area contributed by atoms with E-state index in [4.69, 9.17) is 19.3 Å². The quantitative estimate of drug-likeness (QED) is 0.725. The highest BCUT2D eigenvalue weighted by molar-refractivity contribution is 5.77. The molecule has 0 saturated carbocycles.